The van der Waals surface area contributed by atoms with E-state index < -0.39 is 11.4 Å². The maximum Gasteiger partial charge on any atom is 0.259 e. The van der Waals surface area contributed by atoms with E-state index in [1.165, 1.54) is 19.1 Å². The number of carbonyl (C=O) groups excluding carboxylic acids is 1. The number of carbonyl (C=O) groups is 1. The average Bonchev–Trinajstić information content (AvgIpc) is 2.18. The van der Waals surface area contributed by atoms with Crippen LogP contribution in [0.1, 0.15) is 17.5 Å². The summed E-state index contributed by atoms with van der Waals surface area (Å²) in [5, 5.41) is 0.139. The molecule has 0 aliphatic carbocycles. The molecule has 0 fully saturated rings. The van der Waals surface area contributed by atoms with Crippen molar-refractivity contribution in [2.45, 2.75) is 6.92 Å². The van der Waals surface area contributed by atoms with Crippen LogP contribution in [0.4, 0.5) is 4.39 Å². The van der Waals surface area contributed by atoms with Gasteiger partial charge in [0.2, 0.25) is 0 Å². The lowest BCUT2D eigenvalue weighted by Gasteiger charge is -1.99. The van der Waals surface area contributed by atoms with Crippen molar-refractivity contribution < 1.29 is 9.18 Å². The smallest absolute Gasteiger partial charge is 0.259 e. The first-order valence-corrected chi connectivity index (χ1v) is 4.28. The van der Waals surface area contributed by atoms with Gasteiger partial charge in [-0.25, -0.2) is 9.37 Å². The Morgan fingerprint density at radius 1 is 1.47 bits per heavy atom. The molecule has 0 aliphatic rings. The van der Waals surface area contributed by atoms with Crippen LogP contribution < -0.4 is 5.56 Å². The molecule has 2 aromatic rings. The molecular weight excluding hydrogens is 199 g/mol. The van der Waals surface area contributed by atoms with E-state index in [2.05, 4.69) is 9.97 Å². The lowest BCUT2D eigenvalue weighted by Crippen LogP contribution is -2.14. The summed E-state index contributed by atoms with van der Waals surface area (Å²) < 4.78 is 12.8. The monoisotopic (exact) mass is 206 g/mol. The summed E-state index contributed by atoms with van der Waals surface area (Å²) in [5.74, 6) is -0.859. The first-order valence-electron chi connectivity index (χ1n) is 4.28. The molecule has 1 N–H and O–H groups in total. The summed E-state index contributed by atoms with van der Waals surface area (Å²) in [7, 11) is 0. The molecule has 0 radical (unpaired) electrons. The minimum absolute atomic E-state index is 0.0147. The van der Waals surface area contributed by atoms with Gasteiger partial charge in [-0.05, 0) is 18.2 Å². The van der Waals surface area contributed by atoms with Crippen molar-refractivity contribution in [1.29, 1.82) is 0 Å². The van der Waals surface area contributed by atoms with Crippen molar-refractivity contribution in [1.82, 2.24) is 9.97 Å². The van der Waals surface area contributed by atoms with Gasteiger partial charge in [-0.15, -0.1) is 0 Å². The van der Waals surface area contributed by atoms with Gasteiger partial charge in [-0.3, -0.25) is 9.59 Å². The van der Waals surface area contributed by atoms with Gasteiger partial charge in [0.25, 0.3) is 5.56 Å². The van der Waals surface area contributed by atoms with Crippen LogP contribution in [-0.4, -0.2) is 15.8 Å². The highest BCUT2D eigenvalue weighted by Gasteiger charge is 2.07. The fraction of sp³-hybridized carbons (Fsp3) is 0.100. The Morgan fingerprint density at radius 3 is 2.87 bits per heavy atom. The molecule has 4 nitrogen and oxygen atoms in total. The Morgan fingerprint density at radius 2 is 2.20 bits per heavy atom. The molecule has 2 rings (SSSR count). The number of H-pyrrole nitrogens is 1. The van der Waals surface area contributed by atoms with Gasteiger partial charge in [0.15, 0.2) is 11.6 Å². The SMILES string of the molecule is CC(=O)c1nc2ccc(F)cc2c(=O)[nH]1. The van der Waals surface area contributed by atoms with E-state index >= 15 is 0 Å². The van der Waals surface area contributed by atoms with E-state index in [0.29, 0.717) is 5.52 Å². The van der Waals surface area contributed by atoms with Gasteiger partial charge in [-0.1, -0.05) is 0 Å². The van der Waals surface area contributed by atoms with Gasteiger partial charge in [0.1, 0.15) is 5.82 Å². The average molecular weight is 206 g/mol. The van der Waals surface area contributed by atoms with E-state index in [1.54, 1.807) is 0 Å². The highest BCUT2D eigenvalue weighted by Crippen LogP contribution is 2.08. The number of nitrogens with zero attached hydrogens (tertiary/aromatic N) is 1. The number of fused-ring (bicyclic) bond motifs is 1. The van der Waals surface area contributed by atoms with Crippen LogP contribution in [0.5, 0.6) is 0 Å². The van der Waals surface area contributed by atoms with Gasteiger partial charge in [0, 0.05) is 6.92 Å². The quantitative estimate of drug-likeness (QED) is 0.714. The Balaban J connectivity index is 2.84. The van der Waals surface area contributed by atoms with Crippen LogP contribution in [0, 0.1) is 5.82 Å². The van der Waals surface area contributed by atoms with Crippen LogP contribution >= 0.6 is 0 Å². The van der Waals surface area contributed by atoms with Crippen molar-refractivity contribution in [3.05, 3.63) is 40.2 Å². The molecule has 0 saturated heterocycles. The molecule has 0 unspecified atom stereocenters. The van der Waals surface area contributed by atoms with Crippen molar-refractivity contribution in [3.8, 4) is 0 Å². The second-order valence-corrected chi connectivity index (χ2v) is 3.13. The van der Waals surface area contributed by atoms with Gasteiger partial charge in [-0.2, -0.15) is 0 Å². The van der Waals surface area contributed by atoms with Crippen LogP contribution in [0.25, 0.3) is 10.9 Å². The Kier molecular flexibility index (Phi) is 2.07. The number of hydrogen-bond acceptors (Lipinski definition) is 3. The fourth-order valence-corrected chi connectivity index (χ4v) is 1.28. The topological polar surface area (TPSA) is 62.8 Å². The van der Waals surface area contributed by atoms with E-state index in [0.717, 1.165) is 6.07 Å². The molecule has 1 aromatic heterocycles. The lowest BCUT2D eigenvalue weighted by molar-refractivity contribution is 0.100. The number of hydrogen-bond donors (Lipinski definition) is 1. The van der Waals surface area contributed by atoms with Crippen molar-refractivity contribution in [3.63, 3.8) is 0 Å². The molecule has 76 valence electrons. The summed E-state index contributed by atoms with van der Waals surface area (Å²) in [5.41, 5.74) is -0.199. The molecule has 0 amide bonds. The Hall–Kier alpha value is -2.04. The van der Waals surface area contributed by atoms with Gasteiger partial charge in [0.05, 0.1) is 10.9 Å². The van der Waals surface area contributed by atoms with Crippen molar-refractivity contribution >= 4 is 16.7 Å². The number of nitrogens with one attached hydrogen (secondary N) is 1. The highest BCUT2D eigenvalue weighted by atomic mass is 19.1. The number of aromatic nitrogens is 2. The number of aromatic amines is 1. The molecule has 0 saturated carbocycles. The summed E-state index contributed by atoms with van der Waals surface area (Å²) in [6.07, 6.45) is 0. The van der Waals surface area contributed by atoms with Crippen LogP contribution in [0.2, 0.25) is 0 Å². The zero-order chi connectivity index (χ0) is 11.0. The number of rotatable bonds is 1. The largest absolute Gasteiger partial charge is 0.303 e. The molecule has 0 bridgehead atoms. The standard InChI is InChI=1S/C10H7FN2O2/c1-5(14)9-12-8-3-2-6(11)4-7(8)10(15)13-9/h2-4H,1H3,(H,12,13,15). The fourth-order valence-electron chi connectivity index (χ4n) is 1.28. The maximum absolute atomic E-state index is 12.8. The highest BCUT2D eigenvalue weighted by molar-refractivity contribution is 5.92. The van der Waals surface area contributed by atoms with Gasteiger partial charge >= 0.3 is 0 Å². The third-order valence-electron chi connectivity index (χ3n) is 2.00. The third-order valence-corrected chi connectivity index (χ3v) is 2.00. The first-order chi connectivity index (χ1) is 7.08. The molecular formula is C10H7FN2O2. The molecule has 0 aliphatic heterocycles. The number of halogens is 1. The van der Waals surface area contributed by atoms with E-state index in [4.69, 9.17) is 0 Å². The molecule has 1 aromatic carbocycles. The van der Waals surface area contributed by atoms with E-state index in [-0.39, 0.29) is 17.0 Å². The summed E-state index contributed by atoms with van der Waals surface area (Å²) >= 11 is 0. The zero-order valence-electron chi connectivity index (χ0n) is 7.87. The molecule has 0 spiro atoms. The van der Waals surface area contributed by atoms with Crippen LogP contribution in [-0.2, 0) is 0 Å². The second-order valence-electron chi connectivity index (χ2n) is 3.13. The Bertz CT molecular complexity index is 604. The molecule has 0 atom stereocenters. The molecule has 5 heteroatoms. The molecule has 1 heterocycles. The van der Waals surface area contributed by atoms with Crippen LogP contribution in [0.3, 0.4) is 0 Å². The number of benzene rings is 1. The number of Topliss-reactive ketones (excluding diaryl/α,β-unsaturated/α-hetero) is 1. The maximum atomic E-state index is 12.8. The minimum Gasteiger partial charge on any atom is -0.303 e. The van der Waals surface area contributed by atoms with Crippen molar-refractivity contribution in [2.24, 2.45) is 0 Å². The van der Waals surface area contributed by atoms with E-state index in [9.17, 15) is 14.0 Å². The molecule has 15 heavy (non-hydrogen) atoms. The predicted octanol–water partition coefficient (Wildman–Crippen LogP) is 1.26. The number of ketones is 1. The van der Waals surface area contributed by atoms with E-state index in [1.807, 2.05) is 0 Å². The second kappa shape index (κ2) is 3.27. The normalized spacial score (nSPS) is 10.5. The third kappa shape index (κ3) is 1.63. The first kappa shape index (κ1) is 9.51. The van der Waals surface area contributed by atoms with Crippen LogP contribution in [0.15, 0.2) is 23.0 Å². The lowest BCUT2D eigenvalue weighted by atomic mass is 10.2. The zero-order valence-corrected chi connectivity index (χ0v) is 7.87. The summed E-state index contributed by atoms with van der Waals surface area (Å²) in [6, 6.07) is 3.65. The summed E-state index contributed by atoms with van der Waals surface area (Å²) in [6.45, 7) is 1.30. The Labute approximate surface area is 83.8 Å². The predicted molar refractivity (Wildman–Crippen MR) is 52.3 cm³/mol. The summed E-state index contributed by atoms with van der Waals surface area (Å²) in [4.78, 5) is 28.6. The van der Waals surface area contributed by atoms with Gasteiger partial charge < -0.3 is 4.98 Å². The van der Waals surface area contributed by atoms with Crippen molar-refractivity contribution in [2.75, 3.05) is 0 Å². The minimum atomic E-state index is -0.510.